The van der Waals surface area contributed by atoms with E-state index in [1.54, 1.807) is 41.5 Å². The number of esters is 1. The van der Waals surface area contributed by atoms with Gasteiger partial charge in [-0.3, -0.25) is 9.48 Å². The molecular weight excluding hydrogens is 278 g/mol. The van der Waals surface area contributed by atoms with Crippen molar-refractivity contribution in [2.45, 2.75) is 0 Å². The largest absolute Gasteiger partial charge is 0.465 e. The van der Waals surface area contributed by atoms with Crippen molar-refractivity contribution in [2.24, 2.45) is 7.05 Å². The minimum Gasteiger partial charge on any atom is -0.465 e. The van der Waals surface area contributed by atoms with E-state index in [2.05, 4.69) is 15.2 Å². The molecule has 2 aromatic rings. The molecule has 6 nitrogen and oxygen atoms in total. The van der Waals surface area contributed by atoms with Crippen LogP contribution in [0.15, 0.2) is 29.8 Å². The molecule has 1 amide bonds. The van der Waals surface area contributed by atoms with Crippen LogP contribution in [-0.4, -0.2) is 28.8 Å². The summed E-state index contributed by atoms with van der Waals surface area (Å²) in [6, 6.07) is 3.45. The Morgan fingerprint density at radius 3 is 2.90 bits per heavy atom. The molecule has 0 aliphatic rings. The maximum absolute atomic E-state index is 11.8. The lowest BCUT2D eigenvalue weighted by molar-refractivity contribution is -0.111. The highest BCUT2D eigenvalue weighted by Crippen LogP contribution is 2.23. The van der Waals surface area contributed by atoms with Crippen molar-refractivity contribution in [1.29, 1.82) is 0 Å². The van der Waals surface area contributed by atoms with Crippen LogP contribution >= 0.6 is 11.3 Å². The molecule has 20 heavy (non-hydrogen) atoms. The van der Waals surface area contributed by atoms with Gasteiger partial charge in [0.15, 0.2) is 0 Å². The standard InChI is InChI=1S/C13H13N3O3S/c1-16-9(5-7-14-16)3-4-11(17)15-10-6-8-20-12(10)13(18)19-2/h3-8H,1-2H3,(H,15,17)/b4-3+. The molecule has 0 unspecified atom stereocenters. The summed E-state index contributed by atoms with van der Waals surface area (Å²) < 4.78 is 6.29. The first-order valence-corrected chi connectivity index (χ1v) is 6.62. The van der Waals surface area contributed by atoms with Crippen molar-refractivity contribution in [2.75, 3.05) is 12.4 Å². The molecule has 2 rings (SSSR count). The Balaban J connectivity index is 2.06. The van der Waals surface area contributed by atoms with Crippen LogP contribution in [0.25, 0.3) is 6.08 Å². The first-order chi connectivity index (χ1) is 9.61. The van der Waals surface area contributed by atoms with Gasteiger partial charge in [-0.2, -0.15) is 5.10 Å². The van der Waals surface area contributed by atoms with Gasteiger partial charge in [-0.25, -0.2) is 4.79 Å². The predicted molar refractivity (Wildman–Crippen MR) is 76.5 cm³/mol. The smallest absolute Gasteiger partial charge is 0.350 e. The van der Waals surface area contributed by atoms with E-state index in [4.69, 9.17) is 0 Å². The number of anilines is 1. The van der Waals surface area contributed by atoms with Gasteiger partial charge in [-0.1, -0.05) is 0 Å². The Kier molecular flexibility index (Phi) is 4.31. The molecule has 0 atom stereocenters. The summed E-state index contributed by atoms with van der Waals surface area (Å²) in [5.74, 6) is -0.791. The Labute approximate surface area is 119 Å². The number of aryl methyl sites for hydroxylation is 1. The van der Waals surface area contributed by atoms with Crippen molar-refractivity contribution in [1.82, 2.24) is 9.78 Å². The van der Waals surface area contributed by atoms with E-state index in [1.165, 1.54) is 24.5 Å². The van der Waals surface area contributed by atoms with E-state index in [0.29, 0.717) is 10.6 Å². The van der Waals surface area contributed by atoms with E-state index in [1.807, 2.05) is 0 Å². The zero-order valence-corrected chi connectivity index (χ0v) is 11.8. The third-order valence-corrected chi connectivity index (χ3v) is 3.45. The molecule has 0 saturated heterocycles. The SMILES string of the molecule is COC(=O)c1sccc1NC(=O)/C=C/c1ccnn1C. The van der Waals surface area contributed by atoms with Gasteiger partial charge in [-0.15, -0.1) is 11.3 Å². The second-order valence-corrected chi connectivity index (χ2v) is 4.77. The lowest BCUT2D eigenvalue weighted by Gasteiger charge is -2.02. The monoisotopic (exact) mass is 291 g/mol. The molecule has 2 aromatic heterocycles. The maximum atomic E-state index is 11.8. The molecule has 0 aromatic carbocycles. The topological polar surface area (TPSA) is 73.2 Å². The average molecular weight is 291 g/mol. The van der Waals surface area contributed by atoms with E-state index in [-0.39, 0.29) is 5.91 Å². The minimum absolute atomic E-state index is 0.324. The normalized spacial score (nSPS) is 10.7. The van der Waals surface area contributed by atoms with Gasteiger partial charge in [-0.05, 0) is 23.6 Å². The Bertz CT molecular complexity index is 657. The molecule has 0 spiro atoms. The lowest BCUT2D eigenvalue weighted by atomic mass is 10.3. The predicted octanol–water partition coefficient (Wildman–Crippen LogP) is 1.92. The Morgan fingerprint density at radius 1 is 1.45 bits per heavy atom. The molecule has 0 aliphatic heterocycles. The van der Waals surface area contributed by atoms with Gasteiger partial charge >= 0.3 is 5.97 Å². The number of carbonyl (C=O) groups excluding carboxylic acids is 2. The summed E-state index contributed by atoms with van der Waals surface area (Å²) in [6.07, 6.45) is 4.67. The van der Waals surface area contributed by atoms with Gasteiger partial charge in [0.05, 0.1) is 18.5 Å². The molecule has 7 heteroatoms. The molecule has 2 heterocycles. The molecule has 0 aliphatic carbocycles. The number of hydrogen-bond donors (Lipinski definition) is 1. The van der Waals surface area contributed by atoms with Crippen LogP contribution in [0.1, 0.15) is 15.4 Å². The van der Waals surface area contributed by atoms with Crippen molar-refractivity contribution in [3.8, 4) is 0 Å². The number of thiophene rings is 1. The van der Waals surface area contributed by atoms with E-state index in [0.717, 1.165) is 5.69 Å². The molecule has 0 saturated carbocycles. The second-order valence-electron chi connectivity index (χ2n) is 3.86. The van der Waals surface area contributed by atoms with Crippen LogP contribution in [0.5, 0.6) is 0 Å². The van der Waals surface area contributed by atoms with Crippen LogP contribution in [0, 0.1) is 0 Å². The highest BCUT2D eigenvalue weighted by atomic mass is 32.1. The summed E-state index contributed by atoms with van der Waals surface area (Å²) in [4.78, 5) is 23.6. The van der Waals surface area contributed by atoms with Crippen LogP contribution < -0.4 is 5.32 Å². The number of amides is 1. The van der Waals surface area contributed by atoms with Gasteiger partial charge in [0.1, 0.15) is 4.88 Å². The molecular formula is C13H13N3O3S. The number of hydrogen-bond acceptors (Lipinski definition) is 5. The summed E-state index contributed by atoms with van der Waals surface area (Å²) in [5.41, 5.74) is 1.25. The number of rotatable bonds is 4. The summed E-state index contributed by atoms with van der Waals surface area (Å²) >= 11 is 1.22. The maximum Gasteiger partial charge on any atom is 0.350 e. The number of nitrogens with one attached hydrogen (secondary N) is 1. The van der Waals surface area contributed by atoms with E-state index in [9.17, 15) is 9.59 Å². The minimum atomic E-state index is -0.467. The van der Waals surface area contributed by atoms with Gasteiger partial charge in [0.25, 0.3) is 0 Å². The highest BCUT2D eigenvalue weighted by Gasteiger charge is 2.14. The molecule has 0 radical (unpaired) electrons. The van der Waals surface area contributed by atoms with Crippen molar-refractivity contribution in [3.63, 3.8) is 0 Å². The number of ether oxygens (including phenoxy) is 1. The fraction of sp³-hybridized carbons (Fsp3) is 0.154. The van der Waals surface area contributed by atoms with E-state index < -0.39 is 5.97 Å². The number of nitrogens with zero attached hydrogens (tertiary/aromatic N) is 2. The van der Waals surface area contributed by atoms with Crippen LogP contribution in [0.4, 0.5) is 5.69 Å². The van der Waals surface area contributed by atoms with Crippen molar-refractivity contribution in [3.05, 3.63) is 40.4 Å². The number of carbonyl (C=O) groups is 2. The zero-order valence-electron chi connectivity index (χ0n) is 11.0. The average Bonchev–Trinajstić information content (AvgIpc) is 3.05. The first-order valence-electron chi connectivity index (χ1n) is 5.74. The molecule has 1 N–H and O–H groups in total. The Morgan fingerprint density at radius 2 is 2.25 bits per heavy atom. The van der Waals surface area contributed by atoms with Gasteiger partial charge in [0.2, 0.25) is 5.91 Å². The number of methoxy groups -OCH3 is 1. The third-order valence-electron chi connectivity index (χ3n) is 2.56. The summed E-state index contributed by atoms with van der Waals surface area (Å²) in [5, 5.41) is 8.35. The zero-order chi connectivity index (χ0) is 14.5. The fourth-order valence-electron chi connectivity index (χ4n) is 1.54. The molecule has 104 valence electrons. The van der Waals surface area contributed by atoms with E-state index >= 15 is 0 Å². The quantitative estimate of drug-likeness (QED) is 0.690. The second kappa shape index (κ2) is 6.16. The lowest BCUT2D eigenvalue weighted by Crippen LogP contribution is -2.11. The third kappa shape index (κ3) is 3.12. The van der Waals surface area contributed by atoms with Crippen LogP contribution in [-0.2, 0) is 16.6 Å². The molecule has 0 fully saturated rings. The highest BCUT2D eigenvalue weighted by molar-refractivity contribution is 7.12. The first kappa shape index (κ1) is 14.0. The van der Waals surface area contributed by atoms with Crippen LogP contribution in [0.2, 0.25) is 0 Å². The van der Waals surface area contributed by atoms with Crippen LogP contribution in [0.3, 0.4) is 0 Å². The fourth-order valence-corrected chi connectivity index (χ4v) is 2.31. The van der Waals surface area contributed by atoms with Gasteiger partial charge in [0, 0.05) is 19.3 Å². The Hall–Kier alpha value is -2.41. The molecule has 0 bridgehead atoms. The van der Waals surface area contributed by atoms with Crippen molar-refractivity contribution < 1.29 is 14.3 Å². The summed E-state index contributed by atoms with van der Waals surface area (Å²) in [6.45, 7) is 0. The van der Waals surface area contributed by atoms with Crippen molar-refractivity contribution >= 4 is 35.0 Å². The number of aromatic nitrogens is 2. The summed E-state index contributed by atoms with van der Waals surface area (Å²) in [7, 11) is 3.09. The van der Waals surface area contributed by atoms with Gasteiger partial charge < -0.3 is 10.1 Å².